The second-order valence-corrected chi connectivity index (χ2v) is 10.4. The maximum Gasteiger partial charge on any atom is 0.292 e. The molecule has 1 N–H and O–H groups in total. The first-order valence-electron chi connectivity index (χ1n) is 11.4. The standard InChI is InChI=1S/C26H36N2O4/c1-25(2,3)18-26(4,5)27-24(30)23(29)21-10-11-22(20-9-7-6-8-19(20)21)32-17-14-28-12-15-31-16-13-28/h6-11H,12-18H2,1-5H3,(H,27,30). The van der Waals surface area contributed by atoms with Gasteiger partial charge in [0.1, 0.15) is 12.4 Å². The van der Waals surface area contributed by atoms with Gasteiger partial charge in [-0.05, 0) is 43.2 Å². The molecule has 1 aliphatic rings. The average Bonchev–Trinajstić information content (AvgIpc) is 2.72. The zero-order valence-corrected chi connectivity index (χ0v) is 20.0. The van der Waals surface area contributed by atoms with E-state index in [4.69, 9.17) is 9.47 Å². The van der Waals surface area contributed by atoms with Crippen LogP contribution in [0.1, 0.15) is 51.4 Å². The van der Waals surface area contributed by atoms with Crippen LogP contribution in [-0.4, -0.2) is 61.6 Å². The molecular formula is C26H36N2O4. The molecule has 0 unspecified atom stereocenters. The molecule has 1 aliphatic heterocycles. The van der Waals surface area contributed by atoms with Crippen molar-refractivity contribution in [3.8, 4) is 5.75 Å². The van der Waals surface area contributed by atoms with Gasteiger partial charge < -0.3 is 14.8 Å². The van der Waals surface area contributed by atoms with Crippen LogP contribution < -0.4 is 10.1 Å². The molecule has 2 aromatic carbocycles. The van der Waals surface area contributed by atoms with Crippen molar-refractivity contribution >= 4 is 22.5 Å². The summed E-state index contributed by atoms with van der Waals surface area (Å²) in [4.78, 5) is 28.2. The lowest BCUT2D eigenvalue weighted by Crippen LogP contribution is -2.48. The third kappa shape index (κ3) is 6.53. The maximum absolute atomic E-state index is 13.1. The lowest BCUT2D eigenvalue weighted by atomic mass is 9.81. The van der Waals surface area contributed by atoms with Crippen LogP contribution in [0.3, 0.4) is 0 Å². The molecule has 0 spiro atoms. The molecule has 0 atom stereocenters. The molecule has 6 nitrogen and oxygen atoms in total. The van der Waals surface area contributed by atoms with Gasteiger partial charge in [-0.1, -0.05) is 45.0 Å². The minimum absolute atomic E-state index is 0.0345. The van der Waals surface area contributed by atoms with Crippen LogP contribution in [0.5, 0.6) is 5.75 Å². The zero-order chi connectivity index (χ0) is 23.4. The monoisotopic (exact) mass is 440 g/mol. The Balaban J connectivity index is 1.74. The quantitative estimate of drug-likeness (QED) is 0.495. The number of carbonyl (C=O) groups excluding carboxylic acids is 2. The molecule has 1 heterocycles. The van der Waals surface area contributed by atoms with Crippen molar-refractivity contribution in [1.82, 2.24) is 10.2 Å². The predicted molar refractivity (Wildman–Crippen MR) is 127 cm³/mol. The van der Waals surface area contributed by atoms with E-state index in [9.17, 15) is 9.59 Å². The molecule has 6 heteroatoms. The molecule has 2 aromatic rings. The van der Waals surface area contributed by atoms with E-state index in [1.165, 1.54) is 0 Å². The van der Waals surface area contributed by atoms with Crippen LogP contribution in [0.4, 0.5) is 0 Å². The Morgan fingerprint density at radius 1 is 1.00 bits per heavy atom. The molecule has 0 aliphatic carbocycles. The maximum atomic E-state index is 13.1. The number of carbonyl (C=O) groups is 2. The van der Waals surface area contributed by atoms with E-state index in [1.807, 2.05) is 38.1 Å². The largest absolute Gasteiger partial charge is 0.492 e. The highest BCUT2D eigenvalue weighted by Crippen LogP contribution is 2.30. The van der Waals surface area contributed by atoms with E-state index < -0.39 is 17.2 Å². The number of hydrogen-bond donors (Lipinski definition) is 1. The summed E-state index contributed by atoms with van der Waals surface area (Å²) in [6.45, 7) is 15.0. The van der Waals surface area contributed by atoms with Gasteiger partial charge in [-0.25, -0.2) is 0 Å². The van der Waals surface area contributed by atoms with Gasteiger partial charge in [-0.2, -0.15) is 0 Å². The van der Waals surface area contributed by atoms with E-state index in [0.29, 0.717) is 12.2 Å². The second-order valence-electron chi connectivity index (χ2n) is 10.4. The molecule has 0 bridgehead atoms. The number of Topliss-reactive ketones (excluding diaryl/α,β-unsaturated/α-hetero) is 1. The first kappa shape index (κ1) is 24.2. The van der Waals surface area contributed by atoms with Crippen LogP contribution in [0, 0.1) is 5.41 Å². The van der Waals surface area contributed by atoms with Gasteiger partial charge in [0.2, 0.25) is 0 Å². The van der Waals surface area contributed by atoms with Crippen LogP contribution >= 0.6 is 0 Å². The van der Waals surface area contributed by atoms with Gasteiger partial charge in [0.15, 0.2) is 0 Å². The Morgan fingerprint density at radius 3 is 2.31 bits per heavy atom. The number of hydrogen-bond acceptors (Lipinski definition) is 5. The topological polar surface area (TPSA) is 67.9 Å². The van der Waals surface area contributed by atoms with Gasteiger partial charge in [0.25, 0.3) is 11.7 Å². The Labute approximate surface area is 191 Å². The number of nitrogens with zero attached hydrogens (tertiary/aromatic N) is 1. The molecule has 0 aromatic heterocycles. The molecule has 1 amide bonds. The molecule has 174 valence electrons. The lowest BCUT2D eigenvalue weighted by molar-refractivity contribution is -0.118. The van der Waals surface area contributed by atoms with E-state index in [2.05, 4.69) is 31.0 Å². The number of ether oxygens (including phenoxy) is 2. The summed E-state index contributed by atoms with van der Waals surface area (Å²) in [5.41, 5.74) is -0.0546. The van der Waals surface area contributed by atoms with Gasteiger partial charge >= 0.3 is 0 Å². The van der Waals surface area contributed by atoms with Gasteiger partial charge in [-0.15, -0.1) is 0 Å². The summed E-state index contributed by atoms with van der Waals surface area (Å²) in [6, 6.07) is 11.1. The SMILES string of the molecule is CC(C)(C)CC(C)(C)NC(=O)C(=O)c1ccc(OCCN2CCOCC2)c2ccccc12. The van der Waals surface area contributed by atoms with Crippen LogP contribution in [-0.2, 0) is 9.53 Å². The van der Waals surface area contributed by atoms with Gasteiger partial charge in [0, 0.05) is 36.1 Å². The molecule has 1 fully saturated rings. The van der Waals surface area contributed by atoms with E-state index in [1.54, 1.807) is 12.1 Å². The van der Waals surface area contributed by atoms with Crippen molar-refractivity contribution in [2.24, 2.45) is 5.41 Å². The van der Waals surface area contributed by atoms with Crippen LogP contribution in [0.15, 0.2) is 36.4 Å². The number of nitrogens with one attached hydrogen (secondary N) is 1. The fraction of sp³-hybridized carbons (Fsp3) is 0.538. The van der Waals surface area contributed by atoms with Crippen molar-refractivity contribution < 1.29 is 19.1 Å². The summed E-state index contributed by atoms with van der Waals surface area (Å²) in [5.74, 6) is -0.382. The molecule has 0 radical (unpaired) electrons. The molecule has 3 rings (SSSR count). The molecular weight excluding hydrogens is 404 g/mol. The first-order valence-corrected chi connectivity index (χ1v) is 11.4. The van der Waals surface area contributed by atoms with Gasteiger partial charge in [0.05, 0.1) is 13.2 Å². The number of fused-ring (bicyclic) bond motifs is 1. The van der Waals surface area contributed by atoms with E-state index >= 15 is 0 Å². The predicted octanol–water partition coefficient (Wildman–Crippen LogP) is 4.06. The number of ketones is 1. The minimum Gasteiger partial charge on any atom is -0.492 e. The van der Waals surface area contributed by atoms with Crippen molar-refractivity contribution in [1.29, 1.82) is 0 Å². The minimum atomic E-state index is -0.578. The molecule has 32 heavy (non-hydrogen) atoms. The highest BCUT2D eigenvalue weighted by Gasteiger charge is 2.30. The zero-order valence-electron chi connectivity index (χ0n) is 20.0. The number of morpholine rings is 1. The molecule has 1 saturated heterocycles. The normalized spacial score (nSPS) is 15.5. The Morgan fingerprint density at radius 2 is 1.66 bits per heavy atom. The van der Waals surface area contributed by atoms with Crippen molar-refractivity contribution in [2.45, 2.75) is 46.6 Å². The fourth-order valence-corrected chi connectivity index (χ4v) is 4.56. The van der Waals surface area contributed by atoms with Crippen LogP contribution in [0.25, 0.3) is 10.8 Å². The first-order chi connectivity index (χ1) is 15.1. The Kier molecular flexibility index (Phi) is 7.57. The molecule has 0 saturated carbocycles. The van der Waals surface area contributed by atoms with Crippen LogP contribution in [0.2, 0.25) is 0 Å². The summed E-state index contributed by atoms with van der Waals surface area (Å²) in [7, 11) is 0. The summed E-state index contributed by atoms with van der Waals surface area (Å²) in [6.07, 6.45) is 0.760. The fourth-order valence-electron chi connectivity index (χ4n) is 4.56. The number of amides is 1. The lowest BCUT2D eigenvalue weighted by Gasteiger charge is -2.33. The van der Waals surface area contributed by atoms with Gasteiger partial charge in [-0.3, -0.25) is 14.5 Å². The van der Waals surface area contributed by atoms with E-state index in [-0.39, 0.29) is 5.41 Å². The highest BCUT2D eigenvalue weighted by molar-refractivity contribution is 6.45. The highest BCUT2D eigenvalue weighted by atomic mass is 16.5. The average molecular weight is 441 g/mol. The third-order valence-electron chi connectivity index (χ3n) is 5.53. The van der Waals surface area contributed by atoms with Crippen molar-refractivity contribution in [2.75, 3.05) is 39.5 Å². The second kappa shape index (κ2) is 10.0. The Hall–Kier alpha value is -2.44. The summed E-state index contributed by atoms with van der Waals surface area (Å²) >= 11 is 0. The summed E-state index contributed by atoms with van der Waals surface area (Å²) < 4.78 is 11.4. The summed E-state index contributed by atoms with van der Waals surface area (Å²) in [5, 5.41) is 4.49. The third-order valence-corrected chi connectivity index (χ3v) is 5.53. The van der Waals surface area contributed by atoms with E-state index in [0.717, 1.165) is 55.8 Å². The smallest absolute Gasteiger partial charge is 0.292 e. The number of benzene rings is 2. The van der Waals surface area contributed by atoms with Crippen molar-refractivity contribution in [3.63, 3.8) is 0 Å². The number of rotatable bonds is 8. The Bertz CT molecular complexity index is 956. The van der Waals surface area contributed by atoms with Crippen molar-refractivity contribution in [3.05, 3.63) is 42.0 Å².